The van der Waals surface area contributed by atoms with Crippen molar-refractivity contribution < 1.29 is 4.79 Å². The molecule has 0 aliphatic carbocycles. The Morgan fingerprint density at radius 2 is 1.77 bits per heavy atom. The van der Waals surface area contributed by atoms with Gasteiger partial charge >= 0.3 is 5.69 Å². The van der Waals surface area contributed by atoms with E-state index in [4.69, 9.17) is 0 Å². The van der Waals surface area contributed by atoms with Crippen molar-refractivity contribution in [3.63, 3.8) is 0 Å². The first kappa shape index (κ1) is 22.8. The third kappa shape index (κ3) is 5.46. The van der Waals surface area contributed by atoms with Crippen molar-refractivity contribution in [2.24, 2.45) is 0 Å². The number of likely N-dealkylation sites (tertiary alicyclic amines) is 1. The summed E-state index contributed by atoms with van der Waals surface area (Å²) in [6, 6.07) is 16.5. The Morgan fingerprint density at radius 3 is 2.45 bits per heavy atom. The number of carbonyl (C=O) groups is 1. The van der Waals surface area contributed by atoms with Gasteiger partial charge in [0.2, 0.25) is 0 Å². The standard InChI is InChI=1S/C24H28N4O2.ClH/c1-16-8-9-20(17(2)14-16)25-23(29)22-21(26-24(30)27-22)15-28-12-10-19(11-13-28)18-6-4-3-5-7-18;/h3-9,14,19H,10-13,15H2,1-2H3,(H,25,29)(H2,26,27,30);1H. The third-order valence-corrected chi connectivity index (χ3v) is 5.90. The Balaban J connectivity index is 0.00000272. The Hall–Kier alpha value is -2.83. The van der Waals surface area contributed by atoms with Crippen LogP contribution in [0, 0.1) is 13.8 Å². The van der Waals surface area contributed by atoms with Crippen LogP contribution in [0.2, 0.25) is 0 Å². The molecule has 0 unspecified atom stereocenters. The molecule has 4 rings (SSSR count). The van der Waals surface area contributed by atoms with Gasteiger partial charge in [-0.2, -0.15) is 0 Å². The molecule has 0 radical (unpaired) electrons. The van der Waals surface area contributed by atoms with Crippen LogP contribution in [0.4, 0.5) is 5.69 Å². The largest absolute Gasteiger partial charge is 0.323 e. The molecule has 3 N–H and O–H groups in total. The fraction of sp³-hybridized carbons (Fsp3) is 0.333. The quantitative estimate of drug-likeness (QED) is 0.551. The van der Waals surface area contributed by atoms with Gasteiger partial charge in [0.1, 0.15) is 5.69 Å². The summed E-state index contributed by atoms with van der Waals surface area (Å²) in [6.45, 7) is 6.40. The minimum atomic E-state index is -0.352. The molecule has 1 fully saturated rings. The number of aromatic amines is 2. The van der Waals surface area contributed by atoms with Gasteiger partial charge in [0, 0.05) is 12.2 Å². The minimum absolute atomic E-state index is 0. The maximum atomic E-state index is 12.8. The van der Waals surface area contributed by atoms with Crippen molar-refractivity contribution in [2.75, 3.05) is 18.4 Å². The molecular formula is C24H29ClN4O2. The van der Waals surface area contributed by atoms with E-state index in [1.165, 1.54) is 5.56 Å². The smallest absolute Gasteiger partial charge is 0.320 e. The van der Waals surface area contributed by atoms with Crippen molar-refractivity contribution in [3.8, 4) is 0 Å². The van der Waals surface area contributed by atoms with Gasteiger partial charge in [0.25, 0.3) is 5.91 Å². The van der Waals surface area contributed by atoms with Crippen molar-refractivity contribution in [2.45, 2.75) is 39.2 Å². The molecule has 1 aromatic heterocycles. The number of carbonyl (C=O) groups excluding carboxylic acids is 1. The van der Waals surface area contributed by atoms with E-state index in [9.17, 15) is 9.59 Å². The summed E-state index contributed by atoms with van der Waals surface area (Å²) >= 11 is 0. The number of imidazole rings is 1. The van der Waals surface area contributed by atoms with Gasteiger partial charge < -0.3 is 15.3 Å². The van der Waals surface area contributed by atoms with Gasteiger partial charge in [0.15, 0.2) is 0 Å². The molecule has 1 amide bonds. The molecule has 0 saturated carbocycles. The van der Waals surface area contributed by atoms with E-state index < -0.39 is 0 Å². The van der Waals surface area contributed by atoms with Crippen LogP contribution in [-0.2, 0) is 6.54 Å². The lowest BCUT2D eigenvalue weighted by Gasteiger charge is -2.32. The molecule has 2 heterocycles. The summed E-state index contributed by atoms with van der Waals surface area (Å²) in [5.74, 6) is 0.273. The van der Waals surface area contributed by atoms with Crippen LogP contribution in [-0.4, -0.2) is 33.9 Å². The number of hydrogen-bond donors (Lipinski definition) is 3. The Labute approximate surface area is 188 Å². The zero-order valence-electron chi connectivity index (χ0n) is 17.9. The Bertz CT molecular complexity index is 1080. The number of hydrogen-bond acceptors (Lipinski definition) is 3. The summed E-state index contributed by atoms with van der Waals surface area (Å²) in [5.41, 5.74) is 4.87. The molecule has 2 aromatic carbocycles. The number of benzene rings is 2. The molecular weight excluding hydrogens is 412 g/mol. The van der Waals surface area contributed by atoms with Gasteiger partial charge in [-0.1, -0.05) is 48.0 Å². The number of H-pyrrole nitrogens is 2. The predicted molar refractivity (Wildman–Crippen MR) is 126 cm³/mol. The molecule has 0 spiro atoms. The maximum absolute atomic E-state index is 12.8. The van der Waals surface area contributed by atoms with Crippen LogP contribution in [0.5, 0.6) is 0 Å². The zero-order valence-corrected chi connectivity index (χ0v) is 18.7. The highest BCUT2D eigenvalue weighted by molar-refractivity contribution is 6.04. The molecule has 0 atom stereocenters. The first-order valence-corrected chi connectivity index (χ1v) is 10.5. The van der Waals surface area contributed by atoms with E-state index in [0.717, 1.165) is 42.7 Å². The number of piperidine rings is 1. The van der Waals surface area contributed by atoms with Gasteiger partial charge in [-0.05, 0) is 62.9 Å². The molecule has 164 valence electrons. The zero-order chi connectivity index (χ0) is 21.1. The molecule has 31 heavy (non-hydrogen) atoms. The van der Waals surface area contributed by atoms with Crippen LogP contribution in [0.25, 0.3) is 0 Å². The predicted octanol–water partition coefficient (Wildman–Crippen LogP) is 4.37. The number of anilines is 1. The van der Waals surface area contributed by atoms with Crippen molar-refractivity contribution in [1.82, 2.24) is 14.9 Å². The summed E-state index contributed by atoms with van der Waals surface area (Å²) in [7, 11) is 0. The van der Waals surface area contributed by atoms with Gasteiger partial charge in [-0.3, -0.25) is 9.69 Å². The second-order valence-electron chi connectivity index (χ2n) is 8.17. The average Bonchev–Trinajstić information content (AvgIpc) is 3.11. The number of rotatable bonds is 5. The van der Waals surface area contributed by atoms with Gasteiger partial charge in [-0.15, -0.1) is 12.4 Å². The summed E-state index contributed by atoms with van der Waals surface area (Å²) in [5, 5.41) is 2.93. The van der Waals surface area contributed by atoms with Crippen molar-refractivity contribution in [3.05, 3.63) is 87.1 Å². The number of amides is 1. The highest BCUT2D eigenvalue weighted by Crippen LogP contribution is 2.28. The normalized spacial score (nSPS) is 14.8. The van der Waals surface area contributed by atoms with Crippen LogP contribution in [0.15, 0.2) is 53.3 Å². The number of aryl methyl sites for hydroxylation is 2. The van der Waals surface area contributed by atoms with E-state index in [1.807, 2.05) is 38.1 Å². The van der Waals surface area contributed by atoms with E-state index >= 15 is 0 Å². The monoisotopic (exact) mass is 440 g/mol. The fourth-order valence-corrected chi connectivity index (χ4v) is 4.24. The van der Waals surface area contributed by atoms with Crippen LogP contribution in [0.3, 0.4) is 0 Å². The average molecular weight is 441 g/mol. The summed E-state index contributed by atoms with van der Waals surface area (Å²) < 4.78 is 0. The number of halogens is 1. The second-order valence-corrected chi connectivity index (χ2v) is 8.17. The van der Waals surface area contributed by atoms with Crippen molar-refractivity contribution in [1.29, 1.82) is 0 Å². The van der Waals surface area contributed by atoms with E-state index in [2.05, 4.69) is 44.5 Å². The Morgan fingerprint density at radius 1 is 1.06 bits per heavy atom. The van der Waals surface area contributed by atoms with Gasteiger partial charge in [0.05, 0.1) is 5.69 Å². The number of aromatic nitrogens is 2. The lowest BCUT2D eigenvalue weighted by atomic mass is 9.89. The van der Waals surface area contributed by atoms with Crippen LogP contribution in [0.1, 0.15) is 51.6 Å². The third-order valence-electron chi connectivity index (χ3n) is 5.90. The topological polar surface area (TPSA) is 81.0 Å². The van der Waals surface area contributed by atoms with E-state index in [0.29, 0.717) is 23.9 Å². The lowest BCUT2D eigenvalue weighted by Crippen LogP contribution is -2.33. The van der Waals surface area contributed by atoms with Crippen LogP contribution >= 0.6 is 12.4 Å². The van der Waals surface area contributed by atoms with E-state index in [-0.39, 0.29) is 24.0 Å². The molecule has 1 aliphatic rings. The van der Waals surface area contributed by atoms with Crippen LogP contribution < -0.4 is 11.0 Å². The first-order valence-electron chi connectivity index (χ1n) is 10.5. The van der Waals surface area contributed by atoms with E-state index in [1.54, 1.807) is 0 Å². The Kier molecular flexibility index (Phi) is 7.36. The minimum Gasteiger partial charge on any atom is -0.320 e. The summed E-state index contributed by atoms with van der Waals surface area (Å²) in [4.78, 5) is 32.6. The molecule has 6 nitrogen and oxygen atoms in total. The molecule has 0 bridgehead atoms. The molecule has 1 aliphatic heterocycles. The highest BCUT2D eigenvalue weighted by atomic mass is 35.5. The summed E-state index contributed by atoms with van der Waals surface area (Å²) in [6.07, 6.45) is 2.14. The second kappa shape index (κ2) is 9.98. The fourth-order valence-electron chi connectivity index (χ4n) is 4.24. The first-order chi connectivity index (χ1) is 14.5. The molecule has 3 aromatic rings. The molecule has 1 saturated heterocycles. The SMILES string of the molecule is Cc1ccc(NC(=O)c2[nH]c(=O)[nH]c2CN2CCC(c3ccccc3)CC2)c(C)c1.Cl. The molecule has 7 heteroatoms. The highest BCUT2D eigenvalue weighted by Gasteiger charge is 2.23. The number of nitrogens with zero attached hydrogens (tertiary/aromatic N) is 1. The number of nitrogens with one attached hydrogen (secondary N) is 3. The maximum Gasteiger partial charge on any atom is 0.323 e. The van der Waals surface area contributed by atoms with Gasteiger partial charge in [-0.25, -0.2) is 4.79 Å². The van der Waals surface area contributed by atoms with Crippen molar-refractivity contribution >= 4 is 24.0 Å². The lowest BCUT2D eigenvalue weighted by molar-refractivity contribution is 0.101.